The highest BCUT2D eigenvalue weighted by Crippen LogP contribution is 2.26. The summed E-state index contributed by atoms with van der Waals surface area (Å²) in [6.45, 7) is 2.91. The Morgan fingerprint density at radius 3 is 2.63 bits per heavy atom. The van der Waals surface area contributed by atoms with E-state index in [1.807, 2.05) is 77.8 Å². The van der Waals surface area contributed by atoms with Gasteiger partial charge in [-0.1, -0.05) is 54.6 Å². The molecule has 1 aliphatic rings. The van der Waals surface area contributed by atoms with Crippen LogP contribution in [0.3, 0.4) is 0 Å². The number of carbonyl (C=O) groups is 2. The van der Waals surface area contributed by atoms with Gasteiger partial charge < -0.3 is 19.5 Å². The highest BCUT2D eigenvalue weighted by Gasteiger charge is 2.29. The van der Waals surface area contributed by atoms with Gasteiger partial charge in [0.2, 0.25) is 0 Å². The molecule has 0 bridgehead atoms. The zero-order chi connectivity index (χ0) is 24.2. The van der Waals surface area contributed by atoms with Crippen molar-refractivity contribution in [3.8, 4) is 0 Å². The van der Waals surface area contributed by atoms with Crippen LogP contribution in [0.15, 0.2) is 85.1 Å². The zero-order valence-electron chi connectivity index (χ0n) is 19.8. The second-order valence-corrected chi connectivity index (χ2v) is 8.94. The topological polar surface area (TPSA) is 63.6 Å². The summed E-state index contributed by atoms with van der Waals surface area (Å²) in [5.74, 6) is -0.0915. The quantitative estimate of drug-likeness (QED) is 0.395. The van der Waals surface area contributed by atoms with E-state index < -0.39 is 0 Å². The second-order valence-electron chi connectivity index (χ2n) is 8.94. The molecule has 0 radical (unpaired) electrons. The lowest BCUT2D eigenvalue weighted by atomic mass is 9.98. The molecule has 35 heavy (non-hydrogen) atoms. The van der Waals surface area contributed by atoms with Crippen LogP contribution < -0.4 is 5.32 Å². The summed E-state index contributed by atoms with van der Waals surface area (Å²) in [4.78, 5) is 28.0. The summed E-state index contributed by atoms with van der Waals surface area (Å²) in [6, 6.07) is 25.6. The van der Waals surface area contributed by atoms with Crippen molar-refractivity contribution in [3.63, 3.8) is 0 Å². The third-order valence-electron chi connectivity index (χ3n) is 6.69. The summed E-state index contributed by atoms with van der Waals surface area (Å²) in [7, 11) is 1.68. The Balaban J connectivity index is 1.31. The number of nitrogens with zero attached hydrogens (tertiary/aromatic N) is 2. The van der Waals surface area contributed by atoms with Crippen molar-refractivity contribution in [3.05, 3.63) is 107 Å². The van der Waals surface area contributed by atoms with Crippen molar-refractivity contribution in [1.29, 1.82) is 0 Å². The predicted molar refractivity (Wildman–Crippen MR) is 137 cm³/mol. The lowest BCUT2D eigenvalue weighted by Gasteiger charge is -2.24. The largest absolute Gasteiger partial charge is 0.383 e. The van der Waals surface area contributed by atoms with Gasteiger partial charge in [0, 0.05) is 62.0 Å². The van der Waals surface area contributed by atoms with E-state index in [-0.39, 0.29) is 17.7 Å². The second kappa shape index (κ2) is 10.2. The predicted octanol–water partition coefficient (Wildman–Crippen LogP) is 4.46. The molecule has 6 nitrogen and oxygen atoms in total. The van der Waals surface area contributed by atoms with Crippen molar-refractivity contribution < 1.29 is 14.3 Å². The minimum absolute atomic E-state index is 0.0206. The Kier molecular flexibility index (Phi) is 6.64. The van der Waals surface area contributed by atoms with Crippen LogP contribution in [-0.4, -0.2) is 48.1 Å². The Morgan fingerprint density at radius 2 is 1.83 bits per heavy atom. The van der Waals surface area contributed by atoms with Crippen LogP contribution in [0.1, 0.15) is 37.8 Å². The Labute approximate surface area is 205 Å². The van der Waals surface area contributed by atoms with Crippen LogP contribution in [-0.2, 0) is 17.8 Å². The van der Waals surface area contributed by atoms with Gasteiger partial charge in [0.05, 0.1) is 6.61 Å². The molecule has 4 aromatic rings. The molecule has 3 aromatic carbocycles. The number of ether oxygens (including phenoxy) is 1. The highest BCUT2D eigenvalue weighted by molar-refractivity contribution is 5.99. The summed E-state index contributed by atoms with van der Waals surface area (Å²) >= 11 is 0. The van der Waals surface area contributed by atoms with Crippen LogP contribution >= 0.6 is 0 Å². The number of nitrogens with one attached hydrogen (secondary N) is 1. The molecule has 2 heterocycles. The Morgan fingerprint density at radius 1 is 1.03 bits per heavy atom. The molecule has 1 aromatic heterocycles. The lowest BCUT2D eigenvalue weighted by molar-refractivity contribution is 0.0767. The first-order valence-corrected chi connectivity index (χ1v) is 11.9. The van der Waals surface area contributed by atoms with E-state index in [1.165, 1.54) is 0 Å². The first-order valence-electron chi connectivity index (χ1n) is 11.9. The van der Waals surface area contributed by atoms with Crippen molar-refractivity contribution in [2.24, 2.45) is 0 Å². The summed E-state index contributed by atoms with van der Waals surface area (Å²) in [6.07, 6.45) is 2.02. The van der Waals surface area contributed by atoms with Gasteiger partial charge in [-0.05, 0) is 40.8 Å². The first-order chi connectivity index (χ1) is 17.1. The molecule has 178 valence electrons. The molecule has 1 unspecified atom stereocenters. The van der Waals surface area contributed by atoms with Crippen molar-refractivity contribution in [2.75, 3.05) is 26.8 Å². The summed E-state index contributed by atoms with van der Waals surface area (Å²) in [5, 5.41) is 4.21. The van der Waals surface area contributed by atoms with E-state index in [2.05, 4.69) is 22.0 Å². The van der Waals surface area contributed by atoms with Crippen molar-refractivity contribution in [1.82, 2.24) is 14.8 Å². The normalized spacial score (nSPS) is 13.7. The molecule has 2 amide bonds. The van der Waals surface area contributed by atoms with E-state index in [0.29, 0.717) is 31.8 Å². The number of benzene rings is 3. The monoisotopic (exact) mass is 467 g/mol. The number of fused-ring (bicyclic) bond motifs is 2. The molecule has 1 atom stereocenters. The van der Waals surface area contributed by atoms with Crippen molar-refractivity contribution in [2.45, 2.75) is 19.0 Å². The van der Waals surface area contributed by atoms with E-state index in [4.69, 9.17) is 4.74 Å². The maximum Gasteiger partial charge on any atom is 0.254 e. The molecular weight excluding hydrogens is 438 g/mol. The van der Waals surface area contributed by atoms with Gasteiger partial charge in [0.25, 0.3) is 11.8 Å². The molecule has 1 N–H and O–H groups in total. The fraction of sp³-hybridized carbons (Fsp3) is 0.241. The minimum Gasteiger partial charge on any atom is -0.383 e. The Hall–Kier alpha value is -3.90. The first kappa shape index (κ1) is 22.9. The molecular formula is C29H29N3O3. The number of hydrogen-bond acceptors (Lipinski definition) is 3. The molecule has 6 heteroatoms. The van der Waals surface area contributed by atoms with Crippen LogP contribution in [0.2, 0.25) is 0 Å². The molecule has 0 spiro atoms. The number of methoxy groups -OCH3 is 1. The SMILES string of the molecule is COCCn1ccc2ccc(C(=O)NCC(CN3Cc4ccccc4C3=O)c3ccccc3)cc21. The van der Waals surface area contributed by atoms with Gasteiger partial charge in [-0.2, -0.15) is 0 Å². The van der Waals surface area contributed by atoms with Gasteiger partial charge in [-0.25, -0.2) is 0 Å². The van der Waals surface area contributed by atoms with Crippen LogP contribution in [0.5, 0.6) is 0 Å². The van der Waals surface area contributed by atoms with Crippen LogP contribution in [0.25, 0.3) is 10.9 Å². The van der Waals surface area contributed by atoms with Gasteiger partial charge in [-0.3, -0.25) is 9.59 Å². The van der Waals surface area contributed by atoms with Gasteiger partial charge >= 0.3 is 0 Å². The van der Waals surface area contributed by atoms with E-state index in [0.717, 1.165) is 34.1 Å². The molecule has 0 saturated heterocycles. The molecule has 0 saturated carbocycles. The zero-order valence-corrected chi connectivity index (χ0v) is 19.8. The van der Waals surface area contributed by atoms with Crippen molar-refractivity contribution >= 4 is 22.7 Å². The fourth-order valence-corrected chi connectivity index (χ4v) is 4.77. The van der Waals surface area contributed by atoms with E-state index in [1.54, 1.807) is 7.11 Å². The molecule has 1 aliphatic heterocycles. The third kappa shape index (κ3) is 4.84. The molecule has 0 fully saturated rings. The van der Waals surface area contributed by atoms with Gasteiger partial charge in [0.1, 0.15) is 0 Å². The number of amides is 2. The van der Waals surface area contributed by atoms with Crippen LogP contribution in [0, 0.1) is 0 Å². The smallest absolute Gasteiger partial charge is 0.254 e. The summed E-state index contributed by atoms with van der Waals surface area (Å²) in [5.41, 5.74) is 4.55. The third-order valence-corrected chi connectivity index (χ3v) is 6.69. The molecule has 5 rings (SSSR count). The minimum atomic E-state index is -0.122. The fourth-order valence-electron chi connectivity index (χ4n) is 4.77. The lowest BCUT2D eigenvalue weighted by Crippen LogP contribution is -2.36. The Bertz CT molecular complexity index is 1350. The summed E-state index contributed by atoms with van der Waals surface area (Å²) < 4.78 is 7.30. The average molecular weight is 468 g/mol. The van der Waals surface area contributed by atoms with E-state index >= 15 is 0 Å². The van der Waals surface area contributed by atoms with Gasteiger partial charge in [-0.15, -0.1) is 0 Å². The maximum absolute atomic E-state index is 13.1. The average Bonchev–Trinajstić information content (AvgIpc) is 3.45. The number of rotatable bonds is 9. The number of carbonyl (C=O) groups excluding carboxylic acids is 2. The molecule has 0 aliphatic carbocycles. The van der Waals surface area contributed by atoms with E-state index in [9.17, 15) is 9.59 Å². The van der Waals surface area contributed by atoms with Crippen LogP contribution in [0.4, 0.5) is 0 Å². The highest BCUT2D eigenvalue weighted by atomic mass is 16.5. The standard InChI is InChI=1S/C29H29N3O3/c1-35-16-15-31-14-13-22-11-12-23(17-27(22)31)28(33)30-18-25(21-7-3-2-4-8-21)20-32-19-24-9-5-6-10-26(24)29(32)34/h2-14,17,25H,15-16,18-20H2,1H3,(H,30,33). The number of hydrogen-bond donors (Lipinski definition) is 1. The maximum atomic E-state index is 13.1. The number of aromatic nitrogens is 1. The van der Waals surface area contributed by atoms with Gasteiger partial charge in [0.15, 0.2) is 0 Å².